The largest absolute Gasteiger partial charge is 0.392 e. The van der Waals surface area contributed by atoms with Gasteiger partial charge >= 0.3 is 0 Å². The average molecular weight is 1210 g/mol. The Bertz CT molecular complexity index is 1410. The van der Waals surface area contributed by atoms with E-state index >= 15 is 0 Å². The fourth-order valence-corrected chi connectivity index (χ4v) is 13.3. The molecule has 0 bridgehead atoms. The van der Waals surface area contributed by atoms with Crippen molar-refractivity contribution in [3.05, 3.63) is 18.7 Å². The number of nitrogens with one attached hydrogen (secondary N) is 2. The molecule has 0 aliphatic rings. The number of aryl methyl sites for hydroxylation is 1. The van der Waals surface area contributed by atoms with E-state index in [1.165, 1.54) is 167 Å². The quantitative estimate of drug-likeness (QED) is 0.0272. The fourth-order valence-electron chi connectivity index (χ4n) is 11.1. The van der Waals surface area contributed by atoms with Crippen molar-refractivity contribution >= 4 is 33.4 Å². The summed E-state index contributed by atoms with van der Waals surface area (Å²) >= 11 is 0. The van der Waals surface area contributed by atoms with Crippen LogP contribution in [-0.4, -0.2) is 139 Å². The molecule has 0 saturated carbocycles. The van der Waals surface area contributed by atoms with E-state index in [0.717, 1.165) is 114 Å². The van der Waals surface area contributed by atoms with Gasteiger partial charge in [0.05, 0.1) is 30.7 Å². The Morgan fingerprint density at radius 3 is 1.19 bits per heavy atom. The minimum Gasteiger partial charge on any atom is -0.392 e. The van der Waals surface area contributed by atoms with E-state index in [-0.39, 0.29) is 24.0 Å². The number of unbranched alkanes of at least 4 members (excludes halogenated alkanes) is 30. The summed E-state index contributed by atoms with van der Waals surface area (Å²) in [5.41, 5.74) is 0. The first-order chi connectivity index (χ1) is 40.6. The minimum atomic E-state index is -0.614. The molecule has 0 aliphatic carbocycles. The Balaban J connectivity index is 0.0000332. The SMILES string of the molecule is CC.CCCCCCCCCCCCC(O)CN(CCCCSSCCC(NC(=O)CCCCN(CC(O)CCCCCCCC)CC(O)CCCCCCCC)C(=O)NCCCn1ccnc1)CC(O)CCCCCCCCCCCC. The topological polar surface area (TPSA) is 163 Å². The number of nitrogens with zero attached hydrogens (tertiary/aromatic N) is 4. The Hall–Kier alpha value is -1.39. The van der Waals surface area contributed by atoms with Gasteiger partial charge < -0.3 is 35.6 Å². The summed E-state index contributed by atoms with van der Waals surface area (Å²) in [4.78, 5) is 35.8. The van der Waals surface area contributed by atoms with E-state index in [1.807, 2.05) is 35.4 Å². The number of amides is 2. The van der Waals surface area contributed by atoms with Crippen LogP contribution in [0.5, 0.6) is 0 Å². The highest BCUT2D eigenvalue weighted by molar-refractivity contribution is 8.76. The van der Waals surface area contributed by atoms with Gasteiger partial charge in [-0.1, -0.05) is 269 Å². The van der Waals surface area contributed by atoms with Crippen LogP contribution in [0.1, 0.15) is 318 Å². The molecule has 0 radical (unpaired) electrons. The number of aliphatic hydroxyl groups excluding tert-OH is 4. The predicted molar refractivity (Wildman–Crippen MR) is 362 cm³/mol. The van der Waals surface area contributed by atoms with Crippen molar-refractivity contribution in [2.24, 2.45) is 0 Å². The lowest BCUT2D eigenvalue weighted by molar-refractivity contribution is -0.129. The van der Waals surface area contributed by atoms with Crippen molar-refractivity contribution < 1.29 is 30.0 Å². The van der Waals surface area contributed by atoms with Gasteiger partial charge in [0.25, 0.3) is 0 Å². The van der Waals surface area contributed by atoms with E-state index in [9.17, 15) is 30.0 Å². The van der Waals surface area contributed by atoms with Gasteiger partial charge in [-0.05, 0) is 77.3 Å². The lowest BCUT2D eigenvalue weighted by Crippen LogP contribution is -2.47. The number of imidazole rings is 1. The molecule has 1 aromatic heterocycles. The van der Waals surface area contributed by atoms with Crippen molar-refractivity contribution in [3.8, 4) is 0 Å². The van der Waals surface area contributed by atoms with Crippen molar-refractivity contribution in [1.82, 2.24) is 30.0 Å². The molecule has 83 heavy (non-hydrogen) atoms. The Labute approximate surface area is 521 Å². The molecular formula is C69H138N6O6S2. The van der Waals surface area contributed by atoms with E-state index < -0.39 is 18.2 Å². The average Bonchev–Trinajstić information content (AvgIpc) is 4.00. The van der Waals surface area contributed by atoms with Crippen molar-refractivity contribution in [3.63, 3.8) is 0 Å². The van der Waals surface area contributed by atoms with Crippen molar-refractivity contribution in [2.45, 2.75) is 355 Å². The van der Waals surface area contributed by atoms with Crippen LogP contribution in [0.15, 0.2) is 18.7 Å². The van der Waals surface area contributed by atoms with Crippen LogP contribution in [0.3, 0.4) is 0 Å². The molecule has 492 valence electrons. The van der Waals surface area contributed by atoms with Gasteiger partial charge in [-0.3, -0.25) is 19.4 Å². The van der Waals surface area contributed by atoms with E-state index in [2.05, 4.69) is 53.1 Å². The van der Waals surface area contributed by atoms with Gasteiger partial charge in [0.15, 0.2) is 0 Å². The standard InChI is InChI=1S/C67H132N6O6S2.C2H6/c1-5-9-13-17-21-23-25-27-31-35-44-63(76)58-73(59-64(77)45-36-32-28-26-24-22-18-14-10-6-2)51-39-40-54-80-81-55-47-65(67(79)69-48-41-52-71-53-49-68-60-71)70-66(78)46-37-38-50-72(56-61(74)42-33-29-19-15-11-7-3)57-62(75)43-34-30-20-16-12-8-4;1-2/h49,53,60-65,74-77H,5-48,50-52,54-59H2,1-4H3,(H,69,79)(H,70,78);1-2H3. The molecule has 0 aromatic carbocycles. The van der Waals surface area contributed by atoms with Gasteiger partial charge in [0, 0.05) is 69.6 Å². The Morgan fingerprint density at radius 1 is 0.458 bits per heavy atom. The second-order valence-corrected chi connectivity index (χ2v) is 27.1. The molecule has 0 fully saturated rings. The number of rotatable bonds is 64. The molecule has 12 nitrogen and oxygen atoms in total. The first-order valence-electron chi connectivity index (χ1n) is 35.6. The Morgan fingerprint density at radius 2 is 0.819 bits per heavy atom. The molecule has 6 N–H and O–H groups in total. The summed E-state index contributed by atoms with van der Waals surface area (Å²) < 4.78 is 2.00. The van der Waals surface area contributed by atoms with Crippen LogP contribution in [0.4, 0.5) is 0 Å². The molecule has 0 aliphatic heterocycles. The van der Waals surface area contributed by atoms with Crippen LogP contribution < -0.4 is 10.6 Å². The van der Waals surface area contributed by atoms with Crippen LogP contribution in [0, 0.1) is 0 Å². The third-order valence-corrected chi connectivity index (χ3v) is 18.7. The summed E-state index contributed by atoms with van der Waals surface area (Å²) in [5, 5.41) is 50.6. The monoisotopic (exact) mass is 1210 g/mol. The zero-order valence-corrected chi connectivity index (χ0v) is 56.9. The molecule has 1 heterocycles. The molecule has 1 aromatic rings. The summed E-state index contributed by atoms with van der Waals surface area (Å²) in [6, 6.07) is -0.614. The zero-order valence-electron chi connectivity index (χ0n) is 55.3. The van der Waals surface area contributed by atoms with Crippen LogP contribution in [-0.2, 0) is 16.1 Å². The van der Waals surface area contributed by atoms with Gasteiger partial charge in [-0.25, -0.2) is 4.98 Å². The third-order valence-electron chi connectivity index (χ3n) is 16.2. The molecule has 5 unspecified atom stereocenters. The molecule has 0 spiro atoms. The van der Waals surface area contributed by atoms with Gasteiger partial charge in [0.2, 0.25) is 11.8 Å². The number of aromatic nitrogens is 2. The summed E-state index contributed by atoms with van der Waals surface area (Å²) in [7, 11) is 3.58. The van der Waals surface area contributed by atoms with Crippen LogP contribution >= 0.6 is 21.6 Å². The highest BCUT2D eigenvalue weighted by Crippen LogP contribution is 2.25. The fraction of sp³-hybridized carbons (Fsp3) is 0.928. The maximum atomic E-state index is 13.6. The lowest BCUT2D eigenvalue weighted by atomic mass is 10.0. The summed E-state index contributed by atoms with van der Waals surface area (Å²) in [6.07, 6.45) is 52.2. The maximum absolute atomic E-state index is 13.6. The first-order valence-corrected chi connectivity index (χ1v) is 38.0. The first kappa shape index (κ1) is 81.6. The number of carbonyl (C=O) groups is 2. The van der Waals surface area contributed by atoms with Crippen LogP contribution in [0.2, 0.25) is 0 Å². The van der Waals surface area contributed by atoms with Gasteiger partial charge in [0.1, 0.15) is 6.04 Å². The number of hydrogen-bond acceptors (Lipinski definition) is 11. The Kier molecular flexibility index (Phi) is 62.6. The summed E-state index contributed by atoms with van der Waals surface area (Å²) in [5.74, 6) is 1.45. The number of carbonyl (C=O) groups excluding carboxylic acids is 2. The lowest BCUT2D eigenvalue weighted by Gasteiger charge is -2.27. The highest BCUT2D eigenvalue weighted by atomic mass is 33.1. The van der Waals surface area contributed by atoms with E-state index in [4.69, 9.17) is 0 Å². The highest BCUT2D eigenvalue weighted by Gasteiger charge is 2.22. The van der Waals surface area contributed by atoms with Crippen molar-refractivity contribution in [2.75, 3.05) is 57.3 Å². The normalized spacial score (nSPS) is 13.5. The molecule has 5 atom stereocenters. The molecule has 1 rings (SSSR count). The second kappa shape index (κ2) is 63.6. The zero-order chi connectivity index (χ0) is 60.9. The van der Waals surface area contributed by atoms with Gasteiger partial charge in [-0.2, -0.15) is 0 Å². The smallest absolute Gasteiger partial charge is 0.242 e. The molecule has 2 amide bonds. The second-order valence-electron chi connectivity index (χ2n) is 24.4. The van der Waals surface area contributed by atoms with Gasteiger partial charge in [-0.15, -0.1) is 0 Å². The molecule has 14 heteroatoms. The van der Waals surface area contributed by atoms with E-state index in [0.29, 0.717) is 58.5 Å². The molecular weight excluding hydrogens is 1070 g/mol. The molecule has 0 saturated heterocycles. The van der Waals surface area contributed by atoms with E-state index in [1.54, 1.807) is 23.3 Å². The third kappa shape index (κ3) is 55.7. The number of aliphatic hydroxyl groups is 4. The number of hydrogen-bond donors (Lipinski definition) is 6. The van der Waals surface area contributed by atoms with Crippen LogP contribution in [0.25, 0.3) is 0 Å². The maximum Gasteiger partial charge on any atom is 0.242 e. The predicted octanol–water partition coefficient (Wildman–Crippen LogP) is 16.8. The summed E-state index contributed by atoms with van der Waals surface area (Å²) in [6.45, 7) is 18.2. The minimum absolute atomic E-state index is 0.115. The van der Waals surface area contributed by atoms with Crippen molar-refractivity contribution in [1.29, 1.82) is 0 Å².